The number of rotatable bonds is 8. The minimum Gasteiger partial charge on any atom is -0.456 e. The second-order valence-electron chi connectivity index (χ2n) is 8.70. The van der Waals surface area contributed by atoms with Gasteiger partial charge in [-0.2, -0.15) is 0 Å². The van der Waals surface area contributed by atoms with Crippen molar-refractivity contribution in [3.05, 3.63) is 84.7 Å². The molecule has 0 radical (unpaired) electrons. The molecular formula is C29H30N2O. The quantitative estimate of drug-likeness (QED) is 0.252. The molecule has 3 heteroatoms. The van der Waals surface area contributed by atoms with Crippen LogP contribution in [0.3, 0.4) is 0 Å². The molecule has 0 aliphatic heterocycles. The van der Waals surface area contributed by atoms with Gasteiger partial charge in [-0.3, -0.25) is 4.57 Å². The van der Waals surface area contributed by atoms with Gasteiger partial charge in [0.2, 0.25) is 0 Å². The summed E-state index contributed by atoms with van der Waals surface area (Å²) in [6, 6.07) is 23.5. The van der Waals surface area contributed by atoms with Crippen LogP contribution in [0.4, 0.5) is 0 Å². The average Bonchev–Trinajstić information content (AvgIpc) is 3.46. The highest BCUT2D eigenvalue weighted by Crippen LogP contribution is 2.32. The Kier molecular flexibility index (Phi) is 5.81. The molecule has 0 bridgehead atoms. The fourth-order valence-corrected chi connectivity index (χ4v) is 4.75. The minimum atomic E-state index is 0.842. The van der Waals surface area contributed by atoms with Crippen LogP contribution >= 0.6 is 0 Å². The van der Waals surface area contributed by atoms with Crippen molar-refractivity contribution < 1.29 is 4.42 Å². The molecule has 0 saturated heterocycles. The minimum absolute atomic E-state index is 0.842. The molecule has 0 amide bonds. The van der Waals surface area contributed by atoms with E-state index in [1.54, 1.807) is 0 Å². The van der Waals surface area contributed by atoms with Crippen LogP contribution in [0.25, 0.3) is 39.0 Å². The Labute approximate surface area is 189 Å². The number of para-hydroxylation sites is 1. The molecular weight excluding hydrogens is 392 g/mol. The van der Waals surface area contributed by atoms with Crippen molar-refractivity contribution in [1.29, 1.82) is 0 Å². The first-order valence-corrected chi connectivity index (χ1v) is 11.8. The first-order valence-electron chi connectivity index (χ1n) is 11.8. The molecule has 0 fully saturated rings. The molecule has 2 aromatic heterocycles. The zero-order chi connectivity index (χ0) is 21.9. The number of hydrogen-bond acceptors (Lipinski definition) is 2. The normalized spacial score (nSPS) is 12.6. The summed E-state index contributed by atoms with van der Waals surface area (Å²) in [5, 5.41) is 2.26. The number of aromatic nitrogens is 2. The van der Waals surface area contributed by atoms with E-state index in [9.17, 15) is 0 Å². The van der Waals surface area contributed by atoms with Gasteiger partial charge in [0.1, 0.15) is 17.0 Å². The van der Waals surface area contributed by atoms with E-state index in [1.807, 2.05) is 30.6 Å². The molecule has 3 nitrogen and oxygen atoms in total. The van der Waals surface area contributed by atoms with Crippen molar-refractivity contribution >= 4 is 21.9 Å². The summed E-state index contributed by atoms with van der Waals surface area (Å²) in [6.45, 7) is 4.60. The molecule has 1 atom stereocenters. The maximum Gasteiger partial charge on any atom is 0.144 e. The molecule has 0 saturated carbocycles. The molecule has 0 N–H and O–H groups in total. The van der Waals surface area contributed by atoms with Crippen molar-refractivity contribution in [2.75, 3.05) is 0 Å². The summed E-state index contributed by atoms with van der Waals surface area (Å²) in [6.07, 6.45) is 10.2. The van der Waals surface area contributed by atoms with Crippen LogP contribution < -0.4 is 0 Å². The molecule has 5 aromatic rings. The molecule has 2 heterocycles. The summed E-state index contributed by atoms with van der Waals surface area (Å²) in [5.74, 6) is 1.78. The number of hydrogen-bond donors (Lipinski definition) is 0. The van der Waals surface area contributed by atoms with Crippen molar-refractivity contribution in [3.8, 4) is 17.1 Å². The maximum atomic E-state index is 5.99. The molecule has 5 rings (SSSR count). The third kappa shape index (κ3) is 3.95. The van der Waals surface area contributed by atoms with E-state index in [2.05, 4.69) is 71.9 Å². The Morgan fingerprint density at radius 3 is 2.50 bits per heavy atom. The topological polar surface area (TPSA) is 31.0 Å². The highest BCUT2D eigenvalue weighted by Gasteiger charge is 2.12. The van der Waals surface area contributed by atoms with Gasteiger partial charge in [-0.1, -0.05) is 63.4 Å². The fourth-order valence-electron chi connectivity index (χ4n) is 4.75. The van der Waals surface area contributed by atoms with Crippen LogP contribution in [0.15, 0.2) is 83.5 Å². The van der Waals surface area contributed by atoms with Crippen molar-refractivity contribution in [3.63, 3.8) is 0 Å². The molecule has 3 aromatic carbocycles. The van der Waals surface area contributed by atoms with Gasteiger partial charge in [-0.25, -0.2) is 4.98 Å². The predicted octanol–water partition coefficient (Wildman–Crippen LogP) is 8.20. The molecule has 0 aliphatic carbocycles. The Bertz CT molecular complexity index is 1330. The number of fused-ring (bicyclic) bond motifs is 3. The Balaban J connectivity index is 1.42. The first kappa shape index (κ1) is 20.6. The zero-order valence-corrected chi connectivity index (χ0v) is 18.9. The van der Waals surface area contributed by atoms with Gasteiger partial charge in [0.25, 0.3) is 0 Å². The van der Waals surface area contributed by atoms with Crippen molar-refractivity contribution in [2.24, 2.45) is 5.92 Å². The fraction of sp³-hybridized carbons (Fsp3) is 0.276. The second-order valence-corrected chi connectivity index (χ2v) is 8.70. The Morgan fingerprint density at radius 1 is 0.875 bits per heavy atom. The SMILES string of the molecule is CCCC(CC)CCc1ccc(-n2ccnc2-c2ccc3oc4ccccc4c3c2)cc1. The molecule has 0 spiro atoms. The van der Waals surface area contributed by atoms with Gasteiger partial charge < -0.3 is 4.42 Å². The van der Waals surface area contributed by atoms with E-state index in [4.69, 9.17) is 4.42 Å². The highest BCUT2D eigenvalue weighted by atomic mass is 16.3. The van der Waals surface area contributed by atoms with E-state index in [0.717, 1.165) is 51.4 Å². The summed E-state index contributed by atoms with van der Waals surface area (Å²) < 4.78 is 8.15. The van der Waals surface area contributed by atoms with Crippen LogP contribution in [0.1, 0.15) is 45.1 Å². The van der Waals surface area contributed by atoms with Gasteiger partial charge in [-0.15, -0.1) is 0 Å². The monoisotopic (exact) mass is 422 g/mol. The first-order chi connectivity index (χ1) is 15.8. The van der Waals surface area contributed by atoms with Crippen LogP contribution in [0.5, 0.6) is 0 Å². The van der Waals surface area contributed by atoms with Crippen LogP contribution in [-0.2, 0) is 6.42 Å². The van der Waals surface area contributed by atoms with Gasteiger partial charge in [0, 0.05) is 34.4 Å². The number of benzene rings is 3. The number of nitrogens with zero attached hydrogens (tertiary/aromatic N) is 2. The molecule has 162 valence electrons. The molecule has 32 heavy (non-hydrogen) atoms. The van der Waals surface area contributed by atoms with Crippen LogP contribution in [-0.4, -0.2) is 9.55 Å². The Morgan fingerprint density at radius 2 is 1.69 bits per heavy atom. The largest absolute Gasteiger partial charge is 0.456 e. The maximum absolute atomic E-state index is 5.99. The second kappa shape index (κ2) is 9.04. The number of imidazole rings is 1. The number of aryl methyl sites for hydroxylation is 1. The van der Waals surface area contributed by atoms with Gasteiger partial charge in [0.15, 0.2) is 0 Å². The summed E-state index contributed by atoms with van der Waals surface area (Å²) in [7, 11) is 0. The summed E-state index contributed by atoms with van der Waals surface area (Å²) in [5.41, 5.74) is 5.47. The highest BCUT2D eigenvalue weighted by molar-refractivity contribution is 6.06. The van der Waals surface area contributed by atoms with Gasteiger partial charge >= 0.3 is 0 Å². The lowest BCUT2D eigenvalue weighted by Crippen LogP contribution is -2.01. The van der Waals surface area contributed by atoms with E-state index >= 15 is 0 Å². The summed E-state index contributed by atoms with van der Waals surface area (Å²) in [4.78, 5) is 4.68. The van der Waals surface area contributed by atoms with E-state index in [0.29, 0.717) is 0 Å². The lowest BCUT2D eigenvalue weighted by Gasteiger charge is -2.14. The molecule has 0 aliphatic rings. The van der Waals surface area contributed by atoms with Crippen molar-refractivity contribution in [2.45, 2.75) is 46.0 Å². The summed E-state index contributed by atoms with van der Waals surface area (Å²) >= 11 is 0. The number of furan rings is 1. The van der Waals surface area contributed by atoms with E-state index < -0.39 is 0 Å². The average molecular weight is 423 g/mol. The lowest BCUT2D eigenvalue weighted by molar-refractivity contribution is 0.432. The van der Waals surface area contributed by atoms with Crippen LogP contribution in [0.2, 0.25) is 0 Å². The third-order valence-electron chi connectivity index (χ3n) is 6.61. The lowest BCUT2D eigenvalue weighted by atomic mass is 9.93. The molecule has 1 unspecified atom stereocenters. The third-order valence-corrected chi connectivity index (χ3v) is 6.61. The van der Waals surface area contributed by atoms with Gasteiger partial charge in [0.05, 0.1) is 0 Å². The van der Waals surface area contributed by atoms with Crippen molar-refractivity contribution in [1.82, 2.24) is 9.55 Å². The Hall–Kier alpha value is -3.33. The van der Waals surface area contributed by atoms with Crippen LogP contribution in [0, 0.1) is 5.92 Å². The smallest absolute Gasteiger partial charge is 0.144 e. The standard InChI is InChI=1S/C29H30N2O/c1-3-7-21(4-2)10-11-22-12-15-24(16-13-22)31-19-18-30-29(31)23-14-17-28-26(20-23)25-8-5-6-9-27(25)32-28/h5-6,8-9,12-21H,3-4,7,10-11H2,1-2H3. The zero-order valence-electron chi connectivity index (χ0n) is 18.9. The van der Waals surface area contributed by atoms with E-state index in [1.165, 1.54) is 31.2 Å². The van der Waals surface area contributed by atoms with E-state index in [-0.39, 0.29) is 0 Å². The predicted molar refractivity (Wildman–Crippen MR) is 133 cm³/mol. The van der Waals surface area contributed by atoms with Gasteiger partial charge in [-0.05, 0) is 60.7 Å².